The minimum Gasteiger partial charge on any atom is -0.568 e. The van der Waals surface area contributed by atoms with Gasteiger partial charge in [0.15, 0.2) is 11.5 Å². The van der Waals surface area contributed by atoms with Crippen molar-refractivity contribution in [2.75, 3.05) is 23.2 Å². The molecule has 6 heteroatoms. The van der Waals surface area contributed by atoms with E-state index in [0.717, 1.165) is 18.7 Å². The van der Waals surface area contributed by atoms with Gasteiger partial charge in [-0.15, -0.1) is 4.72 Å². The Bertz CT molecular complexity index is 439. The van der Waals surface area contributed by atoms with Gasteiger partial charge in [0.2, 0.25) is 0 Å². The molecule has 0 aliphatic carbocycles. The van der Waals surface area contributed by atoms with Gasteiger partial charge in [-0.05, 0) is 30.2 Å². The summed E-state index contributed by atoms with van der Waals surface area (Å²) in [5.41, 5.74) is 3.20. The fourth-order valence-electron chi connectivity index (χ4n) is 1.89. The molecule has 0 saturated carbocycles. The van der Waals surface area contributed by atoms with Gasteiger partial charge in [-0.25, -0.2) is 0 Å². The molecule has 0 radical (unpaired) electrons. The van der Waals surface area contributed by atoms with Crippen LogP contribution in [0.2, 0.25) is 0 Å². The van der Waals surface area contributed by atoms with Gasteiger partial charge in [0.05, 0.1) is 5.69 Å². The first-order valence-corrected chi connectivity index (χ1v) is 6.51. The fraction of sp³-hybridized carbons (Fsp3) is 0.364. The lowest BCUT2D eigenvalue weighted by atomic mass is 10.1. The van der Waals surface area contributed by atoms with Crippen LogP contribution in [0.25, 0.3) is 0 Å². The van der Waals surface area contributed by atoms with E-state index in [1.165, 1.54) is 18.2 Å². The molecule has 92 valence electrons. The highest BCUT2D eigenvalue weighted by molar-refractivity contribution is 7.91. The van der Waals surface area contributed by atoms with Crippen molar-refractivity contribution in [3.05, 3.63) is 23.8 Å². The number of hydrogen-bond donors (Lipinski definition) is 2. The number of benzene rings is 1. The number of carbonyl (C=O) groups is 1. The number of anilines is 2. The third-order valence-corrected chi connectivity index (χ3v) is 3.55. The van der Waals surface area contributed by atoms with Gasteiger partial charge >= 0.3 is 0 Å². The fourth-order valence-corrected chi connectivity index (χ4v) is 2.55. The van der Waals surface area contributed by atoms with E-state index in [1.807, 2.05) is 25.2 Å². The van der Waals surface area contributed by atoms with Crippen LogP contribution in [-0.2, 0) is 22.8 Å². The topological polar surface area (TPSA) is 67.4 Å². The maximum Gasteiger partial charge on any atom is 0.259 e. The molecule has 1 unspecified atom stereocenters. The molecule has 1 heterocycles. The number of rotatable bonds is 3. The standard InChI is InChI=1S/C11H15N3O2S/c1-8(15)12-17(16)13-10-3-4-11-9(7-10)5-6-14(11)2/h3-4,7,13H,5-6H2,1-2H3,(H,12,15). The molecule has 17 heavy (non-hydrogen) atoms. The van der Waals surface area contributed by atoms with E-state index in [9.17, 15) is 9.35 Å². The Labute approximate surface area is 104 Å². The molecule has 2 rings (SSSR count). The predicted molar refractivity (Wildman–Crippen MR) is 69.0 cm³/mol. The number of carbonyl (C=O) groups excluding carboxylic acids is 1. The Morgan fingerprint density at radius 3 is 3.00 bits per heavy atom. The highest BCUT2D eigenvalue weighted by atomic mass is 32.2. The van der Waals surface area contributed by atoms with Crippen LogP contribution >= 0.6 is 0 Å². The van der Waals surface area contributed by atoms with Gasteiger partial charge in [-0.3, -0.25) is 4.79 Å². The van der Waals surface area contributed by atoms with E-state index in [-0.39, 0.29) is 5.91 Å². The van der Waals surface area contributed by atoms with Crippen LogP contribution in [0.3, 0.4) is 0 Å². The van der Waals surface area contributed by atoms with Crippen LogP contribution in [-0.4, -0.2) is 24.1 Å². The molecule has 0 bridgehead atoms. The van der Waals surface area contributed by atoms with Crippen molar-refractivity contribution in [3.8, 4) is 0 Å². The molecule has 2 N–H and O–H groups in total. The lowest BCUT2D eigenvalue weighted by Gasteiger charge is -2.13. The van der Waals surface area contributed by atoms with Gasteiger partial charge < -0.3 is 9.45 Å². The molecular formula is C11H15N3O2S. The van der Waals surface area contributed by atoms with Crippen molar-refractivity contribution in [1.82, 2.24) is 4.72 Å². The van der Waals surface area contributed by atoms with Crippen LogP contribution in [0.5, 0.6) is 0 Å². The summed E-state index contributed by atoms with van der Waals surface area (Å²) in [7, 11) is 2.05. The van der Waals surface area contributed by atoms with Crippen molar-refractivity contribution in [2.45, 2.75) is 13.3 Å². The molecule has 1 atom stereocenters. The van der Waals surface area contributed by atoms with Crippen molar-refractivity contribution in [2.24, 2.45) is 0 Å². The quantitative estimate of drug-likeness (QED) is 0.782. The smallest absolute Gasteiger partial charge is 0.259 e. The molecule has 1 aromatic rings. The maximum absolute atomic E-state index is 11.4. The molecule has 0 aromatic heterocycles. The number of likely N-dealkylation sites (N-methyl/N-ethyl adjacent to an activating group) is 1. The van der Waals surface area contributed by atoms with Gasteiger partial charge in [-0.1, -0.05) is 0 Å². The molecular weight excluding hydrogens is 238 g/mol. The van der Waals surface area contributed by atoms with E-state index in [4.69, 9.17) is 0 Å². The Kier molecular flexibility index (Phi) is 3.44. The van der Waals surface area contributed by atoms with Gasteiger partial charge in [0, 0.05) is 26.2 Å². The zero-order chi connectivity index (χ0) is 12.4. The van der Waals surface area contributed by atoms with Crippen molar-refractivity contribution in [1.29, 1.82) is 0 Å². The first-order valence-electron chi connectivity index (χ1n) is 5.36. The summed E-state index contributed by atoms with van der Waals surface area (Å²) in [5, 5.41) is 0. The molecule has 1 aliphatic rings. The Morgan fingerprint density at radius 2 is 2.29 bits per heavy atom. The molecule has 1 amide bonds. The number of amides is 1. The second-order valence-electron chi connectivity index (χ2n) is 4.04. The summed E-state index contributed by atoms with van der Waals surface area (Å²) in [6.45, 7) is 2.34. The van der Waals surface area contributed by atoms with Gasteiger partial charge in [0.25, 0.3) is 5.91 Å². The SMILES string of the molecule is CC(=O)N[S+]([O-])Nc1ccc2c(c1)CCN2C. The summed E-state index contributed by atoms with van der Waals surface area (Å²) >= 11 is -1.57. The van der Waals surface area contributed by atoms with E-state index in [0.29, 0.717) is 0 Å². The molecule has 1 aliphatic heterocycles. The van der Waals surface area contributed by atoms with E-state index < -0.39 is 11.5 Å². The van der Waals surface area contributed by atoms with Crippen LogP contribution in [0.1, 0.15) is 12.5 Å². The lowest BCUT2D eigenvalue weighted by molar-refractivity contribution is -0.117. The van der Waals surface area contributed by atoms with Gasteiger partial charge in [-0.2, -0.15) is 4.72 Å². The highest BCUT2D eigenvalue weighted by Crippen LogP contribution is 2.29. The summed E-state index contributed by atoms with van der Waals surface area (Å²) in [4.78, 5) is 12.9. The zero-order valence-corrected chi connectivity index (χ0v) is 10.6. The minimum atomic E-state index is -1.57. The zero-order valence-electron chi connectivity index (χ0n) is 9.82. The largest absolute Gasteiger partial charge is 0.568 e. The number of fused-ring (bicyclic) bond motifs is 1. The van der Waals surface area contributed by atoms with Crippen LogP contribution < -0.4 is 14.3 Å². The summed E-state index contributed by atoms with van der Waals surface area (Å²) < 4.78 is 16.5. The second-order valence-corrected chi connectivity index (χ2v) is 4.99. The summed E-state index contributed by atoms with van der Waals surface area (Å²) in [6, 6.07) is 5.83. The van der Waals surface area contributed by atoms with Crippen molar-refractivity contribution in [3.63, 3.8) is 0 Å². The maximum atomic E-state index is 11.4. The van der Waals surface area contributed by atoms with E-state index >= 15 is 0 Å². The summed E-state index contributed by atoms with van der Waals surface area (Å²) in [6.07, 6.45) is 0.994. The second kappa shape index (κ2) is 4.85. The van der Waals surface area contributed by atoms with Crippen LogP contribution in [0.15, 0.2) is 18.2 Å². The third-order valence-electron chi connectivity index (χ3n) is 2.65. The Morgan fingerprint density at radius 1 is 1.53 bits per heavy atom. The van der Waals surface area contributed by atoms with Crippen LogP contribution in [0.4, 0.5) is 11.4 Å². The lowest BCUT2D eigenvalue weighted by Crippen LogP contribution is -2.33. The number of hydrogen-bond acceptors (Lipinski definition) is 4. The van der Waals surface area contributed by atoms with Crippen molar-refractivity contribution >= 4 is 28.8 Å². The average Bonchev–Trinajstić information content (AvgIpc) is 2.58. The molecule has 0 spiro atoms. The number of nitrogens with zero attached hydrogens (tertiary/aromatic N) is 1. The minimum absolute atomic E-state index is 0.322. The summed E-state index contributed by atoms with van der Waals surface area (Å²) in [5.74, 6) is -0.322. The molecule has 1 aromatic carbocycles. The normalized spacial score (nSPS) is 15.4. The highest BCUT2D eigenvalue weighted by Gasteiger charge is 2.17. The first-order chi connectivity index (χ1) is 8.06. The first kappa shape index (κ1) is 12.1. The number of nitrogens with one attached hydrogen (secondary N) is 2. The Balaban J connectivity index is 2.06. The molecule has 0 fully saturated rings. The van der Waals surface area contributed by atoms with Crippen molar-refractivity contribution < 1.29 is 9.35 Å². The third kappa shape index (κ3) is 2.83. The molecule has 0 saturated heterocycles. The molecule has 5 nitrogen and oxygen atoms in total. The van der Waals surface area contributed by atoms with E-state index in [1.54, 1.807) is 0 Å². The van der Waals surface area contributed by atoms with Gasteiger partial charge in [0.1, 0.15) is 0 Å². The Hall–Kier alpha value is -1.40. The average molecular weight is 253 g/mol. The predicted octanol–water partition coefficient (Wildman–Crippen LogP) is 0.806. The van der Waals surface area contributed by atoms with E-state index in [2.05, 4.69) is 14.3 Å². The monoisotopic (exact) mass is 253 g/mol. The van der Waals surface area contributed by atoms with Crippen LogP contribution in [0, 0.1) is 0 Å².